The van der Waals surface area contributed by atoms with E-state index in [4.69, 9.17) is 5.11 Å². The fourth-order valence-corrected chi connectivity index (χ4v) is 2.35. The van der Waals surface area contributed by atoms with Crippen LogP contribution in [0.1, 0.15) is 12.8 Å². The van der Waals surface area contributed by atoms with Crippen molar-refractivity contribution in [1.82, 2.24) is 24.7 Å². The summed E-state index contributed by atoms with van der Waals surface area (Å²) in [5, 5.41) is 13.1. The lowest BCUT2D eigenvalue weighted by Crippen LogP contribution is -2.39. The van der Waals surface area contributed by atoms with E-state index >= 15 is 0 Å². The van der Waals surface area contributed by atoms with Crippen molar-refractivity contribution in [3.05, 3.63) is 25.0 Å². The standard InChI is InChI=1S/C12H14N6O2/c19-12(20)9-2-1-3-17(5-9)10-4-11(15-7-14-10)18-8-13-6-16-18/h4,6-9H,1-3,5H2,(H,19,20)/t9-/m1/s1. The lowest BCUT2D eigenvalue weighted by atomic mass is 9.98. The van der Waals surface area contributed by atoms with E-state index in [0.717, 1.165) is 18.8 Å². The number of piperidine rings is 1. The van der Waals surface area contributed by atoms with Crippen molar-refractivity contribution in [3.63, 3.8) is 0 Å². The smallest absolute Gasteiger partial charge is 0.308 e. The fourth-order valence-electron chi connectivity index (χ4n) is 2.35. The monoisotopic (exact) mass is 274 g/mol. The van der Waals surface area contributed by atoms with Gasteiger partial charge < -0.3 is 10.0 Å². The van der Waals surface area contributed by atoms with Crippen molar-refractivity contribution >= 4 is 11.8 Å². The molecule has 1 fully saturated rings. The van der Waals surface area contributed by atoms with E-state index in [1.165, 1.54) is 12.7 Å². The van der Waals surface area contributed by atoms with Gasteiger partial charge in [0.1, 0.15) is 24.8 Å². The van der Waals surface area contributed by atoms with Crippen molar-refractivity contribution in [2.24, 2.45) is 5.92 Å². The molecule has 20 heavy (non-hydrogen) atoms. The van der Waals surface area contributed by atoms with Crippen LogP contribution in [0.2, 0.25) is 0 Å². The number of carboxylic acids is 1. The Kier molecular flexibility index (Phi) is 3.28. The number of hydrogen-bond acceptors (Lipinski definition) is 6. The van der Waals surface area contributed by atoms with E-state index in [1.54, 1.807) is 17.1 Å². The minimum absolute atomic E-state index is 0.339. The van der Waals surface area contributed by atoms with Gasteiger partial charge in [-0.3, -0.25) is 4.79 Å². The molecule has 1 atom stereocenters. The van der Waals surface area contributed by atoms with Gasteiger partial charge in [0.05, 0.1) is 5.92 Å². The highest BCUT2D eigenvalue weighted by atomic mass is 16.4. The second-order valence-corrected chi connectivity index (χ2v) is 4.70. The number of aliphatic carboxylic acids is 1. The Hall–Kier alpha value is -2.51. The van der Waals surface area contributed by atoms with Crippen LogP contribution in [0.5, 0.6) is 0 Å². The molecular formula is C12H14N6O2. The molecule has 0 spiro atoms. The molecule has 0 radical (unpaired) electrons. The molecule has 8 nitrogen and oxygen atoms in total. The van der Waals surface area contributed by atoms with E-state index in [2.05, 4.69) is 20.1 Å². The summed E-state index contributed by atoms with van der Waals surface area (Å²) in [6.07, 6.45) is 6.01. The topological polar surface area (TPSA) is 97.0 Å². The molecule has 0 bridgehead atoms. The van der Waals surface area contributed by atoms with Gasteiger partial charge in [-0.15, -0.1) is 0 Å². The first-order valence-corrected chi connectivity index (χ1v) is 6.39. The third-order valence-corrected chi connectivity index (χ3v) is 3.39. The summed E-state index contributed by atoms with van der Waals surface area (Å²) in [6.45, 7) is 1.28. The first-order chi connectivity index (χ1) is 9.74. The van der Waals surface area contributed by atoms with E-state index < -0.39 is 5.97 Å². The first kappa shape index (κ1) is 12.5. The van der Waals surface area contributed by atoms with E-state index in [9.17, 15) is 4.79 Å². The summed E-state index contributed by atoms with van der Waals surface area (Å²) in [7, 11) is 0. The largest absolute Gasteiger partial charge is 0.481 e. The Bertz CT molecular complexity index is 600. The predicted octanol–water partition coefficient (Wildman–Crippen LogP) is 0.358. The highest BCUT2D eigenvalue weighted by Crippen LogP contribution is 2.22. The van der Waals surface area contributed by atoms with Crippen LogP contribution in [0.3, 0.4) is 0 Å². The van der Waals surface area contributed by atoms with Gasteiger partial charge >= 0.3 is 5.97 Å². The Morgan fingerprint density at radius 1 is 1.30 bits per heavy atom. The predicted molar refractivity (Wildman–Crippen MR) is 69.5 cm³/mol. The van der Waals surface area contributed by atoms with Crippen LogP contribution in [-0.2, 0) is 4.79 Å². The molecule has 1 aliphatic heterocycles. The van der Waals surface area contributed by atoms with Crippen molar-refractivity contribution in [3.8, 4) is 5.82 Å². The zero-order valence-electron chi connectivity index (χ0n) is 10.8. The normalized spacial score (nSPS) is 19.0. The number of carbonyl (C=O) groups is 1. The lowest BCUT2D eigenvalue weighted by Gasteiger charge is -2.31. The summed E-state index contributed by atoms with van der Waals surface area (Å²) in [4.78, 5) is 25.3. The zero-order chi connectivity index (χ0) is 13.9. The summed E-state index contributed by atoms with van der Waals surface area (Å²) < 4.78 is 1.55. The SMILES string of the molecule is O=C(O)[C@@H]1CCCN(c2cc(-n3cncn3)ncn2)C1. The molecule has 0 aromatic carbocycles. The maximum absolute atomic E-state index is 11.1. The van der Waals surface area contributed by atoms with Gasteiger partial charge in [0.25, 0.3) is 0 Å². The van der Waals surface area contributed by atoms with Gasteiger partial charge in [-0.05, 0) is 12.8 Å². The second kappa shape index (κ2) is 5.24. The van der Waals surface area contributed by atoms with Crippen LogP contribution >= 0.6 is 0 Å². The Balaban J connectivity index is 1.83. The number of nitrogens with zero attached hydrogens (tertiary/aromatic N) is 6. The molecule has 0 amide bonds. The summed E-state index contributed by atoms with van der Waals surface area (Å²) >= 11 is 0. The van der Waals surface area contributed by atoms with Crippen LogP contribution in [-0.4, -0.2) is 48.9 Å². The molecule has 1 saturated heterocycles. The van der Waals surface area contributed by atoms with E-state index in [0.29, 0.717) is 18.8 Å². The van der Waals surface area contributed by atoms with Gasteiger partial charge in [0.2, 0.25) is 0 Å². The number of anilines is 1. The molecule has 0 unspecified atom stereocenters. The Morgan fingerprint density at radius 3 is 2.90 bits per heavy atom. The average molecular weight is 274 g/mol. The number of rotatable bonds is 3. The first-order valence-electron chi connectivity index (χ1n) is 6.39. The van der Waals surface area contributed by atoms with E-state index in [1.807, 2.05) is 4.90 Å². The number of carboxylic acid groups (broad SMARTS) is 1. The maximum atomic E-state index is 11.1. The molecular weight excluding hydrogens is 260 g/mol. The third-order valence-electron chi connectivity index (χ3n) is 3.39. The molecule has 2 aromatic rings. The van der Waals surface area contributed by atoms with Crippen LogP contribution < -0.4 is 4.90 Å². The molecule has 1 N–H and O–H groups in total. The molecule has 104 valence electrons. The molecule has 0 aliphatic carbocycles. The molecule has 3 rings (SSSR count). The van der Waals surface area contributed by atoms with Crippen molar-refractivity contribution in [2.75, 3.05) is 18.0 Å². The van der Waals surface area contributed by atoms with Gasteiger partial charge in [-0.25, -0.2) is 19.6 Å². The van der Waals surface area contributed by atoms with Crippen LogP contribution in [0.25, 0.3) is 5.82 Å². The molecule has 2 aromatic heterocycles. The Labute approximate surface area is 115 Å². The third kappa shape index (κ3) is 2.44. The van der Waals surface area contributed by atoms with Gasteiger partial charge in [0, 0.05) is 19.2 Å². The van der Waals surface area contributed by atoms with Crippen LogP contribution in [0.4, 0.5) is 5.82 Å². The summed E-state index contributed by atoms with van der Waals surface area (Å²) in [6, 6.07) is 1.79. The molecule has 3 heterocycles. The second-order valence-electron chi connectivity index (χ2n) is 4.70. The highest BCUT2D eigenvalue weighted by Gasteiger charge is 2.26. The van der Waals surface area contributed by atoms with Crippen molar-refractivity contribution in [2.45, 2.75) is 12.8 Å². The lowest BCUT2D eigenvalue weighted by molar-refractivity contribution is -0.141. The number of hydrogen-bond donors (Lipinski definition) is 1. The maximum Gasteiger partial charge on any atom is 0.308 e. The van der Waals surface area contributed by atoms with E-state index in [-0.39, 0.29) is 5.92 Å². The molecule has 1 aliphatic rings. The molecule has 8 heteroatoms. The molecule has 0 saturated carbocycles. The minimum Gasteiger partial charge on any atom is -0.481 e. The van der Waals surface area contributed by atoms with Crippen molar-refractivity contribution in [1.29, 1.82) is 0 Å². The van der Waals surface area contributed by atoms with Gasteiger partial charge in [-0.2, -0.15) is 5.10 Å². The van der Waals surface area contributed by atoms with Crippen LogP contribution in [0, 0.1) is 5.92 Å². The summed E-state index contributed by atoms with van der Waals surface area (Å²) in [5.41, 5.74) is 0. The average Bonchev–Trinajstić information content (AvgIpc) is 3.02. The summed E-state index contributed by atoms with van der Waals surface area (Å²) in [5.74, 6) is 0.246. The van der Waals surface area contributed by atoms with Gasteiger partial charge in [-0.1, -0.05) is 0 Å². The van der Waals surface area contributed by atoms with Crippen molar-refractivity contribution < 1.29 is 9.90 Å². The number of aromatic nitrogens is 5. The van der Waals surface area contributed by atoms with Gasteiger partial charge in [0.15, 0.2) is 5.82 Å². The minimum atomic E-state index is -0.750. The highest BCUT2D eigenvalue weighted by molar-refractivity contribution is 5.71. The zero-order valence-corrected chi connectivity index (χ0v) is 10.8. The fraction of sp³-hybridized carbons (Fsp3) is 0.417. The quantitative estimate of drug-likeness (QED) is 0.862. The van der Waals surface area contributed by atoms with Crippen LogP contribution in [0.15, 0.2) is 25.0 Å². The Morgan fingerprint density at radius 2 is 2.15 bits per heavy atom.